The number of fused-ring (bicyclic) bond motifs is 1. The topological polar surface area (TPSA) is 128 Å². The fourth-order valence-electron chi connectivity index (χ4n) is 3.49. The molecule has 9 nitrogen and oxygen atoms in total. The van der Waals surface area contributed by atoms with Crippen molar-refractivity contribution in [1.82, 2.24) is 10.6 Å². The van der Waals surface area contributed by atoms with E-state index in [4.69, 9.17) is 0 Å². The lowest BCUT2D eigenvalue weighted by atomic mass is 9.97. The Labute approximate surface area is 185 Å². The summed E-state index contributed by atoms with van der Waals surface area (Å²) in [5.41, 5.74) is 1.43. The third-order valence-electron chi connectivity index (χ3n) is 5.46. The van der Waals surface area contributed by atoms with Crippen LogP contribution >= 0.6 is 0 Å². The normalized spacial score (nSPS) is 15.6. The Balaban J connectivity index is 1.81. The number of urea groups is 1. The van der Waals surface area contributed by atoms with Crippen LogP contribution in [-0.4, -0.2) is 41.5 Å². The molecule has 0 bridgehead atoms. The van der Waals surface area contributed by atoms with Crippen molar-refractivity contribution in [3.05, 3.63) is 60.2 Å². The number of benzene rings is 2. The van der Waals surface area contributed by atoms with Gasteiger partial charge in [0, 0.05) is 0 Å². The second kappa shape index (κ2) is 9.95. The Morgan fingerprint density at radius 1 is 1.06 bits per heavy atom. The lowest BCUT2D eigenvalue weighted by molar-refractivity contribution is -0.142. The summed E-state index contributed by atoms with van der Waals surface area (Å²) in [4.78, 5) is 51.2. The summed E-state index contributed by atoms with van der Waals surface area (Å²) >= 11 is 0. The van der Waals surface area contributed by atoms with Crippen molar-refractivity contribution < 1.29 is 24.3 Å². The number of carboxylic acids is 1. The third kappa shape index (κ3) is 5.05. The molecular formula is C23H26N4O5. The number of carboxylic acid groups (broad SMARTS) is 1. The molecule has 0 aliphatic carbocycles. The van der Waals surface area contributed by atoms with Gasteiger partial charge < -0.3 is 21.1 Å². The van der Waals surface area contributed by atoms with E-state index in [2.05, 4.69) is 16.0 Å². The van der Waals surface area contributed by atoms with E-state index < -0.39 is 30.0 Å². The standard InChI is InChI=1S/C23H26N4O5/c1-3-14(2)19(21(29)25-20(22(30)31)15-9-5-4-6-10-15)26-23(32)27-13-18(28)24-16-11-7-8-12-17(16)27/h4-12,14,19-20H,3,13H2,1-2H3,(H,24,28)(H,25,29)(H,26,32)(H,30,31)/t14-,19+,20-/m1/s1. The van der Waals surface area contributed by atoms with Gasteiger partial charge in [0.2, 0.25) is 11.8 Å². The van der Waals surface area contributed by atoms with Gasteiger partial charge in [0.15, 0.2) is 6.04 Å². The van der Waals surface area contributed by atoms with Crippen LogP contribution in [0.1, 0.15) is 31.9 Å². The van der Waals surface area contributed by atoms with Crippen LogP contribution in [0.15, 0.2) is 54.6 Å². The number of hydrogen-bond donors (Lipinski definition) is 4. The van der Waals surface area contributed by atoms with Crippen molar-refractivity contribution in [3.63, 3.8) is 0 Å². The van der Waals surface area contributed by atoms with Crippen molar-refractivity contribution in [2.45, 2.75) is 32.4 Å². The Bertz CT molecular complexity index is 1010. The Kier molecular flexibility index (Phi) is 7.09. The number of amides is 4. The van der Waals surface area contributed by atoms with Crippen LogP contribution in [0.4, 0.5) is 16.2 Å². The highest BCUT2D eigenvalue weighted by Crippen LogP contribution is 2.29. The number of nitrogens with zero attached hydrogens (tertiary/aromatic N) is 1. The van der Waals surface area contributed by atoms with E-state index in [1.54, 1.807) is 61.5 Å². The zero-order valence-corrected chi connectivity index (χ0v) is 17.9. The molecule has 3 rings (SSSR count). The van der Waals surface area contributed by atoms with Crippen LogP contribution in [0.3, 0.4) is 0 Å². The molecule has 0 spiro atoms. The van der Waals surface area contributed by atoms with E-state index in [9.17, 15) is 24.3 Å². The van der Waals surface area contributed by atoms with E-state index in [0.717, 1.165) is 0 Å². The third-order valence-corrected chi connectivity index (χ3v) is 5.46. The number of hydrogen-bond acceptors (Lipinski definition) is 4. The minimum absolute atomic E-state index is 0.195. The predicted molar refractivity (Wildman–Crippen MR) is 119 cm³/mol. The van der Waals surface area contributed by atoms with E-state index in [1.807, 2.05) is 6.92 Å². The lowest BCUT2D eigenvalue weighted by Crippen LogP contribution is -2.56. The monoisotopic (exact) mass is 438 g/mol. The molecule has 1 heterocycles. The summed E-state index contributed by atoms with van der Waals surface area (Å²) in [6, 6.07) is 12.3. The first-order valence-electron chi connectivity index (χ1n) is 10.4. The smallest absolute Gasteiger partial charge is 0.330 e. The van der Waals surface area contributed by atoms with E-state index in [1.165, 1.54) is 4.90 Å². The summed E-state index contributed by atoms with van der Waals surface area (Å²) < 4.78 is 0. The molecule has 0 saturated heterocycles. The quantitative estimate of drug-likeness (QED) is 0.528. The summed E-state index contributed by atoms with van der Waals surface area (Å²) in [6.45, 7) is 3.46. The molecule has 2 aromatic rings. The maximum atomic E-state index is 13.1. The van der Waals surface area contributed by atoms with Gasteiger partial charge in [0.1, 0.15) is 12.6 Å². The van der Waals surface area contributed by atoms with Gasteiger partial charge in [-0.3, -0.25) is 14.5 Å². The average Bonchev–Trinajstić information content (AvgIpc) is 2.79. The van der Waals surface area contributed by atoms with Crippen LogP contribution < -0.4 is 20.9 Å². The summed E-state index contributed by atoms with van der Waals surface area (Å²) in [7, 11) is 0. The van der Waals surface area contributed by atoms with Crippen molar-refractivity contribution >= 4 is 35.2 Å². The second-order valence-corrected chi connectivity index (χ2v) is 7.65. The molecule has 0 aromatic heterocycles. The maximum Gasteiger partial charge on any atom is 0.330 e. The molecule has 9 heteroatoms. The van der Waals surface area contributed by atoms with E-state index >= 15 is 0 Å². The van der Waals surface area contributed by atoms with E-state index in [0.29, 0.717) is 23.4 Å². The van der Waals surface area contributed by atoms with Gasteiger partial charge in [-0.25, -0.2) is 9.59 Å². The van der Waals surface area contributed by atoms with Gasteiger partial charge in [-0.2, -0.15) is 0 Å². The molecule has 3 atom stereocenters. The van der Waals surface area contributed by atoms with Crippen LogP contribution in [0.5, 0.6) is 0 Å². The molecule has 4 amide bonds. The van der Waals surface area contributed by atoms with Crippen LogP contribution in [0.2, 0.25) is 0 Å². The number of rotatable bonds is 7. The highest BCUT2D eigenvalue weighted by atomic mass is 16.4. The number of anilines is 2. The molecule has 0 saturated carbocycles. The summed E-state index contributed by atoms with van der Waals surface area (Å²) in [5.74, 6) is -2.45. The Morgan fingerprint density at radius 3 is 2.38 bits per heavy atom. The molecule has 1 aliphatic heterocycles. The first-order valence-corrected chi connectivity index (χ1v) is 10.4. The van der Waals surface area contributed by atoms with Gasteiger partial charge in [-0.05, 0) is 23.6 Å². The summed E-state index contributed by atoms with van der Waals surface area (Å²) in [6.07, 6.45) is 0.568. The number of aliphatic carboxylic acids is 1. The van der Waals surface area contributed by atoms with Gasteiger partial charge in [0.25, 0.3) is 0 Å². The van der Waals surface area contributed by atoms with Crippen molar-refractivity contribution in [3.8, 4) is 0 Å². The molecule has 0 radical (unpaired) electrons. The highest BCUT2D eigenvalue weighted by Gasteiger charge is 2.33. The molecule has 4 N–H and O–H groups in total. The van der Waals surface area contributed by atoms with Crippen molar-refractivity contribution in [2.75, 3.05) is 16.8 Å². The minimum Gasteiger partial charge on any atom is -0.479 e. The zero-order valence-electron chi connectivity index (χ0n) is 17.9. The molecule has 0 unspecified atom stereocenters. The van der Waals surface area contributed by atoms with Crippen LogP contribution in [0, 0.1) is 5.92 Å². The number of nitrogens with one attached hydrogen (secondary N) is 3. The van der Waals surface area contributed by atoms with Gasteiger partial charge in [0.05, 0.1) is 11.4 Å². The van der Waals surface area contributed by atoms with Crippen LogP contribution in [0.25, 0.3) is 0 Å². The van der Waals surface area contributed by atoms with Crippen LogP contribution in [-0.2, 0) is 14.4 Å². The van der Waals surface area contributed by atoms with Crippen molar-refractivity contribution in [2.24, 2.45) is 5.92 Å². The molecule has 168 valence electrons. The average molecular weight is 438 g/mol. The fourth-order valence-corrected chi connectivity index (χ4v) is 3.49. The minimum atomic E-state index is -1.26. The number of carbonyl (C=O) groups excluding carboxylic acids is 3. The lowest BCUT2D eigenvalue weighted by Gasteiger charge is -2.32. The molecule has 2 aromatic carbocycles. The highest BCUT2D eigenvalue weighted by molar-refractivity contribution is 6.10. The van der Waals surface area contributed by atoms with Gasteiger partial charge in [-0.15, -0.1) is 0 Å². The fraction of sp³-hybridized carbons (Fsp3) is 0.304. The first kappa shape index (κ1) is 22.8. The summed E-state index contributed by atoms with van der Waals surface area (Å²) in [5, 5.41) is 17.6. The number of para-hydroxylation sites is 2. The SMILES string of the molecule is CC[C@@H](C)[C@H](NC(=O)N1CC(=O)Nc2ccccc21)C(=O)N[C@@H](C(=O)O)c1ccccc1. The first-order chi connectivity index (χ1) is 15.3. The number of carbonyl (C=O) groups is 4. The molecule has 32 heavy (non-hydrogen) atoms. The van der Waals surface area contributed by atoms with E-state index in [-0.39, 0.29) is 18.4 Å². The predicted octanol–water partition coefficient (Wildman–Crippen LogP) is 2.51. The van der Waals surface area contributed by atoms with Crippen molar-refractivity contribution in [1.29, 1.82) is 0 Å². The Morgan fingerprint density at radius 2 is 1.72 bits per heavy atom. The van der Waals surface area contributed by atoms with Gasteiger partial charge in [-0.1, -0.05) is 62.7 Å². The molecule has 0 fully saturated rings. The Hall–Kier alpha value is -3.88. The van der Waals surface area contributed by atoms with Gasteiger partial charge >= 0.3 is 12.0 Å². The second-order valence-electron chi connectivity index (χ2n) is 7.65. The zero-order chi connectivity index (χ0) is 23.3. The maximum absolute atomic E-state index is 13.1. The molecule has 1 aliphatic rings. The largest absolute Gasteiger partial charge is 0.479 e. The molecular weight excluding hydrogens is 412 g/mol.